The summed E-state index contributed by atoms with van der Waals surface area (Å²) in [6.45, 7) is 2.25. The van der Waals surface area contributed by atoms with Gasteiger partial charge in [-0.1, -0.05) is 19.1 Å². The van der Waals surface area contributed by atoms with Crippen molar-refractivity contribution in [2.45, 2.75) is 22.4 Å². The van der Waals surface area contributed by atoms with E-state index in [0.29, 0.717) is 0 Å². The van der Waals surface area contributed by atoms with Crippen molar-refractivity contribution >= 4 is 34.9 Å². The smallest absolute Gasteiger partial charge is 0.0645 e. The van der Waals surface area contributed by atoms with E-state index in [2.05, 4.69) is 37.6 Å². The maximum Gasteiger partial charge on any atom is 0.0645 e. The molecule has 0 saturated carbocycles. The van der Waals surface area contributed by atoms with Crippen molar-refractivity contribution in [1.82, 2.24) is 0 Å². The summed E-state index contributed by atoms with van der Waals surface area (Å²) in [6, 6.07) is 6.62. The van der Waals surface area contributed by atoms with Crippen LogP contribution in [-0.4, -0.2) is 12.5 Å². The van der Waals surface area contributed by atoms with Crippen molar-refractivity contribution in [1.29, 1.82) is 0 Å². The molecule has 3 heteroatoms. The minimum atomic E-state index is 1.13. The van der Waals surface area contributed by atoms with Gasteiger partial charge in [-0.15, -0.1) is 34.9 Å². The lowest BCUT2D eigenvalue weighted by atomic mass is 10.2. The average Bonchev–Trinajstić information content (AvgIpc) is 2.73. The van der Waals surface area contributed by atoms with E-state index >= 15 is 0 Å². The molecule has 0 aromatic heterocycles. The van der Waals surface area contributed by atoms with Crippen molar-refractivity contribution in [3.8, 4) is 10.4 Å². The van der Waals surface area contributed by atoms with Crippen LogP contribution in [0.15, 0.2) is 27.3 Å². The maximum atomic E-state index is 2.25. The third kappa shape index (κ3) is 1.93. The second-order valence-corrected chi connectivity index (χ2v) is 6.21. The highest BCUT2D eigenvalue weighted by Gasteiger charge is 2.16. The van der Waals surface area contributed by atoms with Crippen LogP contribution in [0.1, 0.15) is 12.5 Å². The van der Waals surface area contributed by atoms with Gasteiger partial charge in [-0.2, -0.15) is 0 Å². The molecule has 0 aromatic rings. The van der Waals surface area contributed by atoms with Crippen LogP contribution in [0, 0.1) is 0 Å². The van der Waals surface area contributed by atoms with Gasteiger partial charge in [0, 0.05) is 15.3 Å². The van der Waals surface area contributed by atoms with Crippen LogP contribution in [0.25, 0.3) is 10.4 Å². The van der Waals surface area contributed by atoms with Gasteiger partial charge in [0.05, 0.1) is 4.21 Å². The lowest BCUT2D eigenvalue weighted by Gasteiger charge is -2.14. The van der Waals surface area contributed by atoms with Gasteiger partial charge in [0.15, 0.2) is 0 Å². The topological polar surface area (TPSA) is 0 Å². The van der Waals surface area contributed by atoms with E-state index < -0.39 is 0 Å². The largest absolute Gasteiger partial charge is 0.129 e. The molecule has 0 atom stereocenters. The maximum absolute atomic E-state index is 2.25. The van der Waals surface area contributed by atoms with Crippen molar-refractivity contribution in [3.05, 3.63) is 23.8 Å². The van der Waals surface area contributed by atoms with E-state index in [1.807, 2.05) is 34.9 Å². The number of thioether (sulfide) groups is 2. The Kier molecular flexibility index (Phi) is 3.65. The van der Waals surface area contributed by atoms with E-state index in [-0.39, 0.29) is 0 Å². The van der Waals surface area contributed by atoms with E-state index in [4.69, 9.17) is 0 Å². The highest BCUT2D eigenvalue weighted by Crippen LogP contribution is 2.44. The molecule has 2 rings (SSSR count). The Labute approximate surface area is 104 Å². The standard InChI is InChI=1S/C12H14S3/c1-4-8-11(13-2)9-6-5-7-10(9)15-12(8)14-3/h5-7H,4H2,1-3H3. The van der Waals surface area contributed by atoms with Crippen LogP contribution in [0.5, 0.6) is 0 Å². The molecule has 0 nitrogen and oxygen atoms in total. The summed E-state index contributed by atoms with van der Waals surface area (Å²) in [5, 5.41) is 0. The molecular weight excluding hydrogens is 240 g/mol. The van der Waals surface area contributed by atoms with Crippen LogP contribution >= 0.6 is 34.9 Å². The van der Waals surface area contributed by atoms with Crippen LogP contribution in [-0.2, 0) is 6.42 Å². The zero-order valence-corrected chi connectivity index (χ0v) is 11.6. The second kappa shape index (κ2) is 4.81. The van der Waals surface area contributed by atoms with Crippen LogP contribution in [0.4, 0.5) is 0 Å². The summed E-state index contributed by atoms with van der Waals surface area (Å²) >= 11 is 5.67. The van der Waals surface area contributed by atoms with Gasteiger partial charge in [-0.3, -0.25) is 0 Å². The highest BCUT2D eigenvalue weighted by atomic mass is 32.2. The van der Waals surface area contributed by atoms with Gasteiger partial charge in [-0.05, 0) is 30.6 Å². The fourth-order valence-electron chi connectivity index (χ4n) is 1.80. The first kappa shape index (κ1) is 11.4. The molecule has 0 amide bonds. The van der Waals surface area contributed by atoms with E-state index in [1.165, 1.54) is 25.1 Å². The predicted molar refractivity (Wildman–Crippen MR) is 73.9 cm³/mol. The molecule has 0 spiro atoms. The Hall–Kier alpha value is -0.120. The number of fused-ring (bicyclic) bond motifs is 1. The van der Waals surface area contributed by atoms with Crippen LogP contribution < -0.4 is 0 Å². The Morgan fingerprint density at radius 1 is 1.20 bits per heavy atom. The van der Waals surface area contributed by atoms with Crippen LogP contribution in [0.2, 0.25) is 0 Å². The Balaban J connectivity index is 2.73. The summed E-state index contributed by atoms with van der Waals surface area (Å²) in [4.78, 5) is 2.89. The molecule has 0 saturated heterocycles. The van der Waals surface area contributed by atoms with Gasteiger partial charge < -0.3 is 0 Å². The lowest BCUT2D eigenvalue weighted by molar-refractivity contribution is 1.06. The molecule has 1 aliphatic heterocycles. The molecule has 80 valence electrons. The first-order chi connectivity index (χ1) is 7.31. The van der Waals surface area contributed by atoms with Gasteiger partial charge in [-0.25, -0.2) is 0 Å². The first-order valence-electron chi connectivity index (χ1n) is 4.94. The average molecular weight is 254 g/mol. The van der Waals surface area contributed by atoms with Gasteiger partial charge in [0.1, 0.15) is 0 Å². The molecule has 2 aliphatic rings. The predicted octanol–water partition coefficient (Wildman–Crippen LogP) is 4.86. The molecule has 0 bridgehead atoms. The van der Waals surface area contributed by atoms with Crippen molar-refractivity contribution < 1.29 is 0 Å². The summed E-state index contributed by atoms with van der Waals surface area (Å²) in [7, 11) is 0. The minimum Gasteiger partial charge on any atom is -0.129 e. The van der Waals surface area contributed by atoms with Crippen molar-refractivity contribution in [2.24, 2.45) is 0 Å². The monoisotopic (exact) mass is 254 g/mol. The summed E-state index contributed by atoms with van der Waals surface area (Å²) in [5.74, 6) is 0. The third-order valence-electron chi connectivity index (χ3n) is 2.49. The molecule has 0 unspecified atom stereocenters. The molecule has 0 aromatic carbocycles. The van der Waals surface area contributed by atoms with Crippen molar-refractivity contribution in [2.75, 3.05) is 12.5 Å². The number of hydrogen-bond donors (Lipinski definition) is 0. The zero-order valence-electron chi connectivity index (χ0n) is 9.16. The Morgan fingerprint density at radius 2 is 2.00 bits per heavy atom. The minimum absolute atomic E-state index is 1.13. The summed E-state index contributed by atoms with van der Waals surface area (Å²) < 4.78 is 1.47. The Morgan fingerprint density at radius 3 is 2.60 bits per heavy atom. The third-order valence-corrected chi connectivity index (χ3v) is 5.74. The van der Waals surface area contributed by atoms with E-state index in [9.17, 15) is 0 Å². The Bertz CT molecular complexity index is 431. The van der Waals surface area contributed by atoms with Gasteiger partial charge >= 0.3 is 0 Å². The van der Waals surface area contributed by atoms with E-state index in [0.717, 1.165) is 6.42 Å². The van der Waals surface area contributed by atoms with E-state index in [1.54, 1.807) is 0 Å². The van der Waals surface area contributed by atoms with Gasteiger partial charge in [0.2, 0.25) is 0 Å². The zero-order chi connectivity index (χ0) is 10.8. The van der Waals surface area contributed by atoms with Gasteiger partial charge in [0.25, 0.3) is 0 Å². The van der Waals surface area contributed by atoms with Crippen LogP contribution in [0.3, 0.4) is 0 Å². The second-order valence-electron chi connectivity index (χ2n) is 3.26. The lowest BCUT2D eigenvalue weighted by Crippen LogP contribution is -1.90. The molecular formula is C12H14S3. The van der Waals surface area contributed by atoms with Crippen molar-refractivity contribution in [3.63, 3.8) is 0 Å². The molecule has 1 aliphatic carbocycles. The number of hydrogen-bond acceptors (Lipinski definition) is 3. The molecule has 0 N–H and O–H groups in total. The fourth-order valence-corrected chi connectivity index (χ4v) is 4.98. The quantitative estimate of drug-likeness (QED) is 0.717. The molecule has 0 radical (unpaired) electrons. The normalized spacial score (nSPS) is 11.1. The fraction of sp³-hybridized carbons (Fsp3) is 0.333. The number of rotatable bonds is 3. The summed E-state index contributed by atoms with van der Waals surface area (Å²) in [5.41, 5.74) is 2.96. The highest BCUT2D eigenvalue weighted by molar-refractivity contribution is 8.01. The summed E-state index contributed by atoms with van der Waals surface area (Å²) in [6.07, 6.45) is 5.48. The molecule has 15 heavy (non-hydrogen) atoms. The SMILES string of the molecule is CCc1c(SC)sc2cccc-2c1SC. The first-order valence-corrected chi connectivity index (χ1v) is 8.20. The molecule has 1 heterocycles. The molecule has 0 fully saturated rings.